The van der Waals surface area contributed by atoms with Crippen molar-refractivity contribution >= 4 is 8.80 Å². The van der Waals surface area contributed by atoms with Crippen molar-refractivity contribution in [2.45, 2.75) is 156 Å². The lowest BCUT2D eigenvalue weighted by Crippen LogP contribution is -3.00. The number of hydrogen-bond acceptors (Lipinski definition) is 3. The molecule has 0 fully saturated rings. The normalized spacial score (nSPS) is 12.2. The molecule has 0 bridgehead atoms. The molecule has 0 radical (unpaired) electrons. The Morgan fingerprint density at radius 1 is 0.432 bits per heavy atom. The zero-order valence-corrected chi connectivity index (χ0v) is 28.0. The first-order chi connectivity index (χ1) is 17.5. The second-order valence-electron chi connectivity index (χ2n) is 11.4. The van der Waals surface area contributed by atoms with Crippen molar-refractivity contribution in [2.24, 2.45) is 0 Å². The van der Waals surface area contributed by atoms with Gasteiger partial charge in [0.15, 0.2) is 0 Å². The summed E-state index contributed by atoms with van der Waals surface area (Å²) in [6, 6.07) is 0.967. The van der Waals surface area contributed by atoms with Crippen LogP contribution in [0.1, 0.15) is 150 Å². The first-order valence-electron chi connectivity index (χ1n) is 16.3. The molecule has 4 nitrogen and oxygen atoms in total. The average molecular weight is 566 g/mol. The van der Waals surface area contributed by atoms with Gasteiger partial charge in [-0.2, -0.15) is 0 Å². The third kappa shape index (κ3) is 22.8. The van der Waals surface area contributed by atoms with Gasteiger partial charge in [0.2, 0.25) is 0 Å². The lowest BCUT2D eigenvalue weighted by Gasteiger charge is -2.36. The van der Waals surface area contributed by atoms with Crippen LogP contribution in [0.25, 0.3) is 0 Å². The fourth-order valence-corrected chi connectivity index (χ4v) is 7.85. The molecule has 0 heterocycles. The average Bonchev–Trinajstić information content (AvgIpc) is 2.88. The molecule has 0 saturated heterocycles. The number of halogens is 1. The summed E-state index contributed by atoms with van der Waals surface area (Å²) in [7, 11) is -0.0639. The summed E-state index contributed by atoms with van der Waals surface area (Å²) in [4.78, 5) is 0. The van der Waals surface area contributed by atoms with E-state index >= 15 is 0 Å². The van der Waals surface area contributed by atoms with Gasteiger partial charge in [-0.05, 0) is 44.9 Å². The first-order valence-corrected chi connectivity index (χ1v) is 18.2. The highest BCUT2D eigenvalue weighted by molar-refractivity contribution is 6.60. The van der Waals surface area contributed by atoms with Crippen LogP contribution < -0.4 is 12.4 Å². The summed E-state index contributed by atoms with van der Waals surface area (Å²) in [5.74, 6) is 0. The van der Waals surface area contributed by atoms with Crippen LogP contribution in [-0.4, -0.2) is 59.8 Å². The van der Waals surface area contributed by atoms with Crippen LogP contribution in [0.15, 0.2) is 0 Å². The van der Waals surface area contributed by atoms with Gasteiger partial charge in [0.05, 0.1) is 26.7 Å². The van der Waals surface area contributed by atoms with Gasteiger partial charge in [-0.1, -0.05) is 98.8 Å². The minimum absolute atomic E-state index is 0. The molecule has 0 aromatic heterocycles. The third-order valence-electron chi connectivity index (χ3n) is 7.36. The zero-order valence-electron chi connectivity index (χ0n) is 26.2. The molecule has 0 aromatic carbocycles. The highest BCUT2D eigenvalue weighted by Crippen LogP contribution is 2.22. The van der Waals surface area contributed by atoms with E-state index < -0.39 is 8.80 Å². The van der Waals surface area contributed by atoms with Gasteiger partial charge < -0.3 is 30.2 Å². The summed E-state index contributed by atoms with van der Waals surface area (Å²) < 4.78 is 20.3. The smallest absolute Gasteiger partial charge is 0.501 e. The van der Waals surface area contributed by atoms with Gasteiger partial charge in [0.25, 0.3) is 0 Å². The Bertz CT molecular complexity index is 416. The highest BCUT2D eigenvalue weighted by atomic mass is 35.5. The number of hydrogen-bond donors (Lipinski definition) is 0. The highest BCUT2D eigenvalue weighted by Gasteiger charge is 2.41. The standard InChI is InChI=1S/C31H68NO3Si.ClH/c1-7-12-14-16-18-20-22-25-32(6,26-23-21-19-17-15-13-8-2)27-24-31-36(33-28-9-3,34-29-10-4)35-30-11-5;/h7-31H2,1-6H3;1H/q+1;/p-1. The quantitative estimate of drug-likeness (QED) is 0.0585. The maximum atomic E-state index is 6.38. The van der Waals surface area contributed by atoms with Crippen molar-refractivity contribution in [3.05, 3.63) is 0 Å². The molecule has 37 heavy (non-hydrogen) atoms. The number of quaternary nitrogens is 1. The van der Waals surface area contributed by atoms with E-state index in [1.54, 1.807) is 0 Å². The zero-order chi connectivity index (χ0) is 26.8. The predicted octanol–water partition coefficient (Wildman–Crippen LogP) is 6.55. The number of rotatable bonds is 29. The summed E-state index contributed by atoms with van der Waals surface area (Å²) >= 11 is 0. The molecule has 0 spiro atoms. The van der Waals surface area contributed by atoms with E-state index in [0.717, 1.165) is 51.5 Å². The van der Waals surface area contributed by atoms with Crippen LogP contribution in [0, 0.1) is 0 Å². The second-order valence-corrected chi connectivity index (χ2v) is 14.1. The predicted molar refractivity (Wildman–Crippen MR) is 161 cm³/mol. The molecule has 0 unspecified atom stereocenters. The molecule has 0 saturated carbocycles. The Morgan fingerprint density at radius 2 is 0.757 bits per heavy atom. The van der Waals surface area contributed by atoms with Crippen LogP contribution in [0.4, 0.5) is 0 Å². The molecule has 0 aliphatic carbocycles. The minimum atomic E-state index is -2.58. The first kappa shape index (κ1) is 39.5. The largest absolute Gasteiger partial charge is 1.00 e. The monoisotopic (exact) mass is 565 g/mol. The van der Waals surface area contributed by atoms with Gasteiger partial charge >= 0.3 is 8.80 Å². The fourth-order valence-electron chi connectivity index (χ4n) is 5.03. The Hall–Kier alpha value is 0.347. The molecule has 0 amide bonds. The molecule has 226 valence electrons. The van der Waals surface area contributed by atoms with Crippen molar-refractivity contribution in [3.63, 3.8) is 0 Å². The van der Waals surface area contributed by atoms with Crippen LogP contribution in [0.2, 0.25) is 6.04 Å². The summed E-state index contributed by atoms with van der Waals surface area (Å²) in [5, 5.41) is 0. The van der Waals surface area contributed by atoms with Crippen molar-refractivity contribution in [1.82, 2.24) is 0 Å². The van der Waals surface area contributed by atoms with E-state index in [0.29, 0.717) is 0 Å². The molecule has 6 heteroatoms. The Labute approximate surface area is 241 Å². The van der Waals surface area contributed by atoms with E-state index in [2.05, 4.69) is 41.7 Å². The van der Waals surface area contributed by atoms with Crippen molar-refractivity contribution in [3.8, 4) is 0 Å². The van der Waals surface area contributed by atoms with Gasteiger partial charge in [-0.15, -0.1) is 0 Å². The van der Waals surface area contributed by atoms with E-state index in [1.165, 1.54) is 114 Å². The van der Waals surface area contributed by atoms with E-state index in [4.69, 9.17) is 13.3 Å². The minimum Gasteiger partial charge on any atom is -1.00 e. The topological polar surface area (TPSA) is 27.7 Å². The summed E-state index contributed by atoms with van der Waals surface area (Å²) in [6.45, 7) is 17.3. The Balaban J connectivity index is 0. The summed E-state index contributed by atoms with van der Waals surface area (Å²) in [5.41, 5.74) is 0. The maximum Gasteiger partial charge on any atom is 0.501 e. The van der Waals surface area contributed by atoms with Crippen molar-refractivity contribution < 1.29 is 30.2 Å². The van der Waals surface area contributed by atoms with Crippen molar-refractivity contribution in [2.75, 3.05) is 46.5 Å². The van der Waals surface area contributed by atoms with Crippen LogP contribution in [-0.2, 0) is 13.3 Å². The molecule has 0 rings (SSSR count). The molecule has 0 aliphatic heterocycles. The van der Waals surface area contributed by atoms with Crippen molar-refractivity contribution in [1.29, 1.82) is 0 Å². The van der Waals surface area contributed by atoms with E-state index in [-0.39, 0.29) is 12.4 Å². The summed E-state index contributed by atoms with van der Waals surface area (Å²) in [6.07, 6.45) is 23.7. The van der Waals surface area contributed by atoms with Gasteiger partial charge in [0.1, 0.15) is 0 Å². The number of unbranched alkanes of at least 4 members (excludes halogenated alkanes) is 12. The van der Waals surface area contributed by atoms with E-state index in [1.807, 2.05) is 0 Å². The fraction of sp³-hybridized carbons (Fsp3) is 1.00. The second kappa shape index (κ2) is 27.9. The van der Waals surface area contributed by atoms with E-state index in [9.17, 15) is 0 Å². The lowest BCUT2D eigenvalue weighted by atomic mass is 10.1. The lowest BCUT2D eigenvalue weighted by molar-refractivity contribution is -0.910. The molecular formula is C31H68ClNO3Si. The SMILES string of the molecule is CCCCCCCCC[N+](C)(CCCCCCCCC)CCC[Si](OCCC)(OCCC)OCCC.[Cl-]. The third-order valence-corrected chi connectivity index (χ3v) is 10.3. The maximum absolute atomic E-state index is 6.38. The van der Waals surface area contributed by atoms with Gasteiger partial charge in [-0.3, -0.25) is 0 Å². The Morgan fingerprint density at radius 3 is 1.11 bits per heavy atom. The van der Waals surface area contributed by atoms with Crippen LogP contribution >= 0.6 is 0 Å². The molecule has 0 atom stereocenters. The molecule has 0 aliphatic rings. The van der Waals surface area contributed by atoms with Crippen LogP contribution in [0.5, 0.6) is 0 Å². The molecule has 0 N–H and O–H groups in total. The van der Waals surface area contributed by atoms with Crippen LogP contribution in [0.3, 0.4) is 0 Å². The number of nitrogens with zero attached hydrogens (tertiary/aromatic N) is 1. The molecular weight excluding hydrogens is 498 g/mol. The van der Waals surface area contributed by atoms with Gasteiger partial charge in [0, 0.05) is 32.3 Å². The molecule has 0 aromatic rings. The Kier molecular flexibility index (Phi) is 29.8. The van der Waals surface area contributed by atoms with Gasteiger partial charge in [-0.25, -0.2) is 0 Å².